The van der Waals surface area contributed by atoms with Crippen LogP contribution in [0.1, 0.15) is 36.5 Å². The number of ether oxygens (including phenoxy) is 1. The lowest BCUT2D eigenvalue weighted by molar-refractivity contribution is -0.152. The Labute approximate surface area is 148 Å². The number of piperidine rings is 1. The minimum atomic E-state index is -0.601. The quantitative estimate of drug-likeness (QED) is 0.665. The number of likely N-dealkylation sites (tertiary alicyclic amines) is 1. The average molecular weight is 346 g/mol. The Morgan fingerprint density at radius 3 is 2.52 bits per heavy atom. The van der Waals surface area contributed by atoms with Crippen molar-refractivity contribution in [2.75, 3.05) is 19.7 Å². The molecule has 1 aliphatic heterocycles. The summed E-state index contributed by atoms with van der Waals surface area (Å²) in [5, 5.41) is 2.70. The van der Waals surface area contributed by atoms with Crippen LogP contribution < -0.4 is 5.32 Å². The van der Waals surface area contributed by atoms with Crippen LogP contribution in [0.15, 0.2) is 18.2 Å². The molecule has 0 aliphatic carbocycles. The third-order valence-electron chi connectivity index (χ3n) is 4.54. The summed E-state index contributed by atoms with van der Waals surface area (Å²) >= 11 is 0. The van der Waals surface area contributed by atoms with E-state index < -0.39 is 11.8 Å². The Hall–Kier alpha value is -2.37. The molecule has 0 atom stereocenters. The van der Waals surface area contributed by atoms with Crippen molar-refractivity contribution in [3.8, 4) is 0 Å². The lowest BCUT2D eigenvalue weighted by Gasteiger charge is -2.30. The zero-order chi connectivity index (χ0) is 18.4. The number of hydrogen-bond donors (Lipinski definition) is 1. The molecule has 2 amide bonds. The lowest BCUT2D eigenvalue weighted by atomic mass is 9.97. The summed E-state index contributed by atoms with van der Waals surface area (Å²) in [6.07, 6.45) is 1.07. The van der Waals surface area contributed by atoms with Gasteiger partial charge in [0.25, 0.3) is 0 Å². The van der Waals surface area contributed by atoms with Crippen molar-refractivity contribution in [3.63, 3.8) is 0 Å². The minimum Gasteiger partial charge on any atom is -0.466 e. The zero-order valence-electron chi connectivity index (χ0n) is 15.1. The monoisotopic (exact) mass is 346 g/mol. The normalized spacial score (nSPS) is 14.9. The number of aryl methyl sites for hydroxylation is 2. The van der Waals surface area contributed by atoms with Crippen LogP contribution in [-0.2, 0) is 25.7 Å². The summed E-state index contributed by atoms with van der Waals surface area (Å²) in [4.78, 5) is 37.6. The molecule has 2 rings (SSSR count). The van der Waals surface area contributed by atoms with E-state index in [-0.39, 0.29) is 11.9 Å². The SMILES string of the molecule is CCOC(=O)C1CCN(C(=O)C(=O)NCc2cc(C)ccc2C)CC1. The molecule has 1 heterocycles. The number of amides is 2. The number of rotatable bonds is 4. The minimum absolute atomic E-state index is 0.179. The number of hydrogen-bond acceptors (Lipinski definition) is 4. The predicted octanol–water partition coefficient (Wildman–Crippen LogP) is 1.72. The molecular weight excluding hydrogens is 320 g/mol. The average Bonchev–Trinajstić information content (AvgIpc) is 2.62. The van der Waals surface area contributed by atoms with Gasteiger partial charge >= 0.3 is 17.8 Å². The van der Waals surface area contributed by atoms with Gasteiger partial charge in [0.1, 0.15) is 0 Å². The highest BCUT2D eigenvalue weighted by molar-refractivity contribution is 6.35. The standard InChI is InChI=1S/C19H26N2O4/c1-4-25-19(24)15-7-9-21(10-8-15)18(23)17(22)20-12-16-11-13(2)5-6-14(16)3/h5-6,11,15H,4,7-10,12H2,1-3H3,(H,20,22). The molecule has 6 nitrogen and oxygen atoms in total. The first-order valence-corrected chi connectivity index (χ1v) is 8.72. The van der Waals surface area contributed by atoms with Crippen molar-refractivity contribution in [1.29, 1.82) is 0 Å². The summed E-state index contributed by atoms with van der Waals surface area (Å²) in [5.74, 6) is -1.53. The van der Waals surface area contributed by atoms with E-state index in [1.165, 1.54) is 4.90 Å². The molecule has 25 heavy (non-hydrogen) atoms. The molecule has 0 aromatic heterocycles. The summed E-state index contributed by atoms with van der Waals surface area (Å²) in [7, 11) is 0. The molecule has 1 aromatic rings. The topological polar surface area (TPSA) is 75.7 Å². The molecule has 1 fully saturated rings. The number of carbonyl (C=O) groups excluding carboxylic acids is 3. The van der Waals surface area contributed by atoms with Gasteiger partial charge in [-0.15, -0.1) is 0 Å². The lowest BCUT2D eigenvalue weighted by Crippen LogP contribution is -2.47. The maximum Gasteiger partial charge on any atom is 0.311 e. The van der Waals surface area contributed by atoms with Gasteiger partial charge in [-0.2, -0.15) is 0 Å². The fourth-order valence-electron chi connectivity index (χ4n) is 2.96. The van der Waals surface area contributed by atoms with Crippen molar-refractivity contribution in [1.82, 2.24) is 10.2 Å². The van der Waals surface area contributed by atoms with Crippen molar-refractivity contribution >= 4 is 17.8 Å². The number of nitrogens with one attached hydrogen (secondary N) is 1. The molecule has 6 heteroatoms. The van der Waals surface area contributed by atoms with Crippen LogP contribution >= 0.6 is 0 Å². The molecule has 0 spiro atoms. The Bertz CT molecular complexity index is 649. The fourth-order valence-corrected chi connectivity index (χ4v) is 2.96. The van der Waals surface area contributed by atoms with E-state index in [0.717, 1.165) is 16.7 Å². The Morgan fingerprint density at radius 2 is 1.88 bits per heavy atom. The molecule has 0 unspecified atom stereocenters. The van der Waals surface area contributed by atoms with Crippen LogP contribution in [0.3, 0.4) is 0 Å². The van der Waals surface area contributed by atoms with E-state index in [1.807, 2.05) is 32.0 Å². The van der Waals surface area contributed by atoms with Crippen LogP contribution in [0.25, 0.3) is 0 Å². The largest absolute Gasteiger partial charge is 0.466 e. The first-order valence-electron chi connectivity index (χ1n) is 8.72. The maximum atomic E-state index is 12.3. The van der Waals surface area contributed by atoms with Gasteiger partial charge in [-0.25, -0.2) is 0 Å². The highest BCUT2D eigenvalue weighted by atomic mass is 16.5. The summed E-state index contributed by atoms with van der Waals surface area (Å²) in [6.45, 7) is 7.23. The van der Waals surface area contributed by atoms with Gasteiger partial charge in [-0.1, -0.05) is 23.8 Å². The second-order valence-electron chi connectivity index (χ2n) is 6.43. The first kappa shape index (κ1) is 19.0. The third-order valence-corrected chi connectivity index (χ3v) is 4.54. The van der Waals surface area contributed by atoms with Crippen LogP contribution in [0.4, 0.5) is 0 Å². The van der Waals surface area contributed by atoms with Gasteiger partial charge in [-0.05, 0) is 44.7 Å². The zero-order valence-corrected chi connectivity index (χ0v) is 15.1. The van der Waals surface area contributed by atoms with Gasteiger partial charge in [0.2, 0.25) is 0 Å². The number of esters is 1. The summed E-state index contributed by atoms with van der Waals surface area (Å²) in [5.41, 5.74) is 3.19. The van der Waals surface area contributed by atoms with Gasteiger partial charge < -0.3 is 15.0 Å². The molecule has 1 saturated heterocycles. The van der Waals surface area contributed by atoms with Crippen LogP contribution in [0, 0.1) is 19.8 Å². The van der Waals surface area contributed by atoms with Gasteiger partial charge in [0, 0.05) is 19.6 Å². The van der Waals surface area contributed by atoms with Crippen molar-refractivity contribution in [3.05, 3.63) is 34.9 Å². The number of benzene rings is 1. The molecule has 1 aromatic carbocycles. The molecule has 0 radical (unpaired) electrons. The van der Waals surface area contributed by atoms with Crippen molar-refractivity contribution < 1.29 is 19.1 Å². The van der Waals surface area contributed by atoms with Crippen LogP contribution in [0.5, 0.6) is 0 Å². The van der Waals surface area contributed by atoms with Crippen LogP contribution in [0.2, 0.25) is 0 Å². The maximum absolute atomic E-state index is 12.3. The molecule has 0 saturated carbocycles. The number of carbonyl (C=O) groups is 3. The first-order chi connectivity index (χ1) is 11.9. The van der Waals surface area contributed by atoms with Crippen LogP contribution in [-0.4, -0.2) is 42.4 Å². The fraction of sp³-hybridized carbons (Fsp3) is 0.526. The van der Waals surface area contributed by atoms with E-state index in [2.05, 4.69) is 5.32 Å². The summed E-state index contributed by atoms with van der Waals surface area (Å²) < 4.78 is 5.01. The Kier molecular flexibility index (Phi) is 6.56. The molecule has 136 valence electrons. The Balaban J connectivity index is 1.84. The molecule has 1 aliphatic rings. The smallest absolute Gasteiger partial charge is 0.311 e. The van der Waals surface area contributed by atoms with E-state index in [4.69, 9.17) is 4.74 Å². The molecule has 0 bridgehead atoms. The van der Waals surface area contributed by atoms with E-state index >= 15 is 0 Å². The molecular formula is C19H26N2O4. The second kappa shape index (κ2) is 8.65. The highest BCUT2D eigenvalue weighted by Gasteiger charge is 2.30. The van der Waals surface area contributed by atoms with Gasteiger partial charge in [-0.3, -0.25) is 14.4 Å². The number of nitrogens with zero attached hydrogens (tertiary/aromatic N) is 1. The summed E-state index contributed by atoms with van der Waals surface area (Å²) in [6, 6.07) is 6.02. The predicted molar refractivity (Wildman–Crippen MR) is 93.7 cm³/mol. The highest BCUT2D eigenvalue weighted by Crippen LogP contribution is 2.19. The van der Waals surface area contributed by atoms with Crippen molar-refractivity contribution in [2.24, 2.45) is 5.92 Å². The third kappa shape index (κ3) is 5.05. The second-order valence-corrected chi connectivity index (χ2v) is 6.43. The molecule has 1 N–H and O–H groups in total. The van der Waals surface area contributed by atoms with Gasteiger partial charge in [0.05, 0.1) is 12.5 Å². The Morgan fingerprint density at radius 1 is 1.20 bits per heavy atom. The van der Waals surface area contributed by atoms with E-state index in [0.29, 0.717) is 39.1 Å². The van der Waals surface area contributed by atoms with Gasteiger partial charge in [0.15, 0.2) is 0 Å². The van der Waals surface area contributed by atoms with E-state index in [9.17, 15) is 14.4 Å². The van der Waals surface area contributed by atoms with E-state index in [1.54, 1.807) is 6.92 Å². The van der Waals surface area contributed by atoms with Crippen molar-refractivity contribution in [2.45, 2.75) is 40.2 Å².